The second kappa shape index (κ2) is 5.13. The number of thioether (sulfide) groups is 1. The maximum absolute atomic E-state index is 6.09. The second-order valence-electron chi connectivity index (χ2n) is 6.20. The van der Waals surface area contributed by atoms with E-state index in [1.807, 2.05) is 11.8 Å². The van der Waals surface area contributed by atoms with Crippen LogP contribution < -0.4 is 4.90 Å². The van der Waals surface area contributed by atoms with Crippen molar-refractivity contribution >= 4 is 29.2 Å². The molecule has 3 nitrogen and oxygen atoms in total. The Morgan fingerprint density at radius 3 is 2.89 bits per heavy atom. The lowest BCUT2D eigenvalue weighted by atomic mass is 9.85. The molecule has 0 bridgehead atoms. The molecule has 0 saturated carbocycles. The van der Waals surface area contributed by atoms with Crippen LogP contribution in [0.1, 0.15) is 38.8 Å². The second-order valence-corrected chi connectivity index (χ2v) is 7.64. The maximum atomic E-state index is 6.09. The van der Waals surface area contributed by atoms with Gasteiger partial charge in [0.1, 0.15) is 5.82 Å². The van der Waals surface area contributed by atoms with Gasteiger partial charge in [0.25, 0.3) is 0 Å². The van der Waals surface area contributed by atoms with E-state index in [9.17, 15) is 0 Å². The highest BCUT2D eigenvalue weighted by Crippen LogP contribution is 2.39. The zero-order valence-corrected chi connectivity index (χ0v) is 13.2. The van der Waals surface area contributed by atoms with Crippen molar-refractivity contribution in [2.24, 2.45) is 5.41 Å². The van der Waals surface area contributed by atoms with Gasteiger partial charge in [0.15, 0.2) is 0 Å². The van der Waals surface area contributed by atoms with E-state index in [0.717, 1.165) is 36.8 Å². The highest BCUT2D eigenvalue weighted by atomic mass is 35.5. The summed E-state index contributed by atoms with van der Waals surface area (Å²) in [6, 6.07) is 0. The Balaban J connectivity index is 1.90. The van der Waals surface area contributed by atoms with Gasteiger partial charge in [0, 0.05) is 25.3 Å². The van der Waals surface area contributed by atoms with Crippen molar-refractivity contribution in [3.05, 3.63) is 11.0 Å². The number of rotatable bonds is 1. The van der Waals surface area contributed by atoms with Crippen molar-refractivity contribution in [1.82, 2.24) is 9.97 Å². The first-order valence-corrected chi connectivity index (χ1v) is 8.36. The van der Waals surface area contributed by atoms with Gasteiger partial charge in [-0.05, 0) is 36.3 Å². The highest BCUT2D eigenvalue weighted by molar-refractivity contribution is 7.99. The number of fused-ring (bicyclic) bond motifs is 1. The fraction of sp³-hybridized carbons (Fsp3) is 0.714. The van der Waals surface area contributed by atoms with Crippen LogP contribution in [0.5, 0.6) is 0 Å². The van der Waals surface area contributed by atoms with Crippen molar-refractivity contribution in [3.63, 3.8) is 0 Å². The molecule has 5 heteroatoms. The average molecular weight is 298 g/mol. The molecule has 0 N–H and O–H groups in total. The minimum atomic E-state index is 0.403. The van der Waals surface area contributed by atoms with E-state index in [-0.39, 0.29) is 0 Å². The lowest BCUT2D eigenvalue weighted by Gasteiger charge is -2.25. The van der Waals surface area contributed by atoms with E-state index < -0.39 is 0 Å². The Morgan fingerprint density at radius 2 is 2.05 bits per heavy atom. The molecule has 2 aliphatic heterocycles. The van der Waals surface area contributed by atoms with Crippen LogP contribution in [0, 0.1) is 5.41 Å². The Bertz CT molecular complexity index is 490. The summed E-state index contributed by atoms with van der Waals surface area (Å²) >= 11 is 7.96. The Morgan fingerprint density at radius 1 is 1.21 bits per heavy atom. The van der Waals surface area contributed by atoms with Gasteiger partial charge < -0.3 is 4.90 Å². The number of halogens is 1. The van der Waals surface area contributed by atoms with Gasteiger partial charge in [-0.25, -0.2) is 4.98 Å². The monoisotopic (exact) mass is 297 g/mol. The van der Waals surface area contributed by atoms with E-state index in [4.69, 9.17) is 11.6 Å². The van der Waals surface area contributed by atoms with Crippen molar-refractivity contribution in [3.8, 4) is 0 Å². The lowest BCUT2D eigenvalue weighted by molar-refractivity contribution is 0.325. The molecule has 1 aromatic rings. The third-order valence-electron chi connectivity index (χ3n) is 4.12. The Labute approximate surface area is 124 Å². The van der Waals surface area contributed by atoms with Gasteiger partial charge in [-0.15, -0.1) is 11.8 Å². The summed E-state index contributed by atoms with van der Waals surface area (Å²) in [5.41, 5.74) is 1.59. The number of aryl methyl sites for hydroxylation is 1. The molecule has 0 unspecified atom stereocenters. The first-order valence-electron chi connectivity index (χ1n) is 6.99. The van der Waals surface area contributed by atoms with E-state index in [1.54, 1.807) is 0 Å². The molecule has 0 amide bonds. The van der Waals surface area contributed by atoms with Crippen LogP contribution >= 0.6 is 23.4 Å². The van der Waals surface area contributed by atoms with Crippen LogP contribution in [0.15, 0.2) is 4.90 Å². The lowest BCUT2D eigenvalue weighted by Crippen LogP contribution is -2.27. The minimum absolute atomic E-state index is 0.403. The average Bonchev–Trinajstić information content (AvgIpc) is 2.72. The summed E-state index contributed by atoms with van der Waals surface area (Å²) in [6.45, 7) is 6.89. The molecule has 0 aliphatic carbocycles. The molecule has 1 aromatic heterocycles. The minimum Gasteiger partial charge on any atom is -0.356 e. The van der Waals surface area contributed by atoms with E-state index in [1.165, 1.54) is 24.2 Å². The highest BCUT2D eigenvalue weighted by Gasteiger charge is 2.27. The molecule has 0 atom stereocenters. The van der Waals surface area contributed by atoms with Crippen molar-refractivity contribution < 1.29 is 0 Å². The Kier molecular flexibility index (Phi) is 3.65. The summed E-state index contributed by atoms with van der Waals surface area (Å²) in [6.07, 6.45) is 4.76. The first kappa shape index (κ1) is 13.5. The van der Waals surface area contributed by atoms with Crippen LogP contribution in [0.4, 0.5) is 5.82 Å². The molecule has 3 rings (SSSR count). The number of nitrogens with zero attached hydrogens (tertiary/aromatic N) is 3. The van der Waals surface area contributed by atoms with Gasteiger partial charge in [0.2, 0.25) is 5.28 Å². The summed E-state index contributed by atoms with van der Waals surface area (Å²) in [4.78, 5) is 12.6. The first-order chi connectivity index (χ1) is 9.05. The predicted molar refractivity (Wildman–Crippen MR) is 81.3 cm³/mol. The number of anilines is 1. The van der Waals surface area contributed by atoms with E-state index in [2.05, 4.69) is 28.7 Å². The van der Waals surface area contributed by atoms with Gasteiger partial charge >= 0.3 is 0 Å². The smallest absolute Gasteiger partial charge is 0.224 e. The van der Waals surface area contributed by atoms with Gasteiger partial charge in [-0.3, -0.25) is 0 Å². The summed E-state index contributed by atoms with van der Waals surface area (Å²) < 4.78 is 0. The molecular formula is C14H20ClN3S. The van der Waals surface area contributed by atoms with Gasteiger partial charge in [0.05, 0.1) is 10.6 Å². The van der Waals surface area contributed by atoms with Crippen molar-refractivity contribution in [2.75, 3.05) is 23.7 Å². The van der Waals surface area contributed by atoms with E-state index in [0.29, 0.717) is 10.7 Å². The fourth-order valence-corrected chi connectivity index (χ4v) is 4.17. The van der Waals surface area contributed by atoms with Crippen molar-refractivity contribution in [2.45, 2.75) is 44.4 Å². The summed E-state index contributed by atoms with van der Waals surface area (Å²) in [5.74, 6) is 2.19. The number of hydrogen-bond donors (Lipinski definition) is 0. The maximum Gasteiger partial charge on any atom is 0.224 e. The topological polar surface area (TPSA) is 29.0 Å². The molecule has 3 heterocycles. The van der Waals surface area contributed by atoms with Crippen LogP contribution in [0.25, 0.3) is 0 Å². The normalized spacial score (nSPS) is 22.2. The summed E-state index contributed by atoms with van der Waals surface area (Å²) in [5, 5.41) is 0.403. The van der Waals surface area contributed by atoms with Crippen LogP contribution in [-0.2, 0) is 6.42 Å². The molecule has 104 valence electrons. The zero-order chi connectivity index (χ0) is 13.5. The third-order valence-corrected chi connectivity index (χ3v) is 5.40. The molecule has 2 aliphatic rings. The van der Waals surface area contributed by atoms with Gasteiger partial charge in [-0.2, -0.15) is 4.98 Å². The molecule has 19 heavy (non-hydrogen) atoms. The van der Waals surface area contributed by atoms with Crippen LogP contribution in [0.2, 0.25) is 5.28 Å². The zero-order valence-electron chi connectivity index (χ0n) is 11.6. The third kappa shape index (κ3) is 2.84. The van der Waals surface area contributed by atoms with Crippen LogP contribution in [0.3, 0.4) is 0 Å². The predicted octanol–water partition coefficient (Wildman–Crippen LogP) is 3.79. The standard InChI is InChI=1S/C14H20ClN3S/c1-14(2)5-3-7-18(8-6-14)12-11-10(4-9-19-11)16-13(15)17-12/h3-9H2,1-2H3. The molecule has 0 aromatic carbocycles. The Hall–Kier alpha value is -0.480. The fourth-order valence-electron chi connectivity index (χ4n) is 2.87. The molecule has 0 spiro atoms. The van der Waals surface area contributed by atoms with Crippen LogP contribution in [-0.4, -0.2) is 28.8 Å². The molecular weight excluding hydrogens is 278 g/mol. The van der Waals surface area contributed by atoms with E-state index >= 15 is 0 Å². The largest absolute Gasteiger partial charge is 0.356 e. The number of hydrogen-bond acceptors (Lipinski definition) is 4. The number of aromatic nitrogens is 2. The SMILES string of the molecule is CC1(C)CCCN(c2nc(Cl)nc3c2SCC3)CC1. The molecule has 0 radical (unpaired) electrons. The summed E-state index contributed by atoms with van der Waals surface area (Å²) in [7, 11) is 0. The molecule has 1 saturated heterocycles. The quantitative estimate of drug-likeness (QED) is 0.737. The molecule has 1 fully saturated rings. The van der Waals surface area contributed by atoms with Gasteiger partial charge in [-0.1, -0.05) is 13.8 Å². The van der Waals surface area contributed by atoms with Crippen molar-refractivity contribution in [1.29, 1.82) is 0 Å².